The quantitative estimate of drug-likeness (QED) is 0.602. The average molecular weight is 318 g/mol. The zero-order valence-corrected chi connectivity index (χ0v) is 11.0. The Morgan fingerprint density at radius 3 is 2.10 bits per heavy atom. The fourth-order valence-corrected chi connectivity index (χ4v) is 1.93. The van der Waals surface area contributed by atoms with Crippen LogP contribution in [0.4, 0.5) is 18.9 Å². The Hall–Kier alpha value is -2.28. The largest absolute Gasteiger partial charge is 0.573 e. The summed E-state index contributed by atoms with van der Waals surface area (Å²) in [4.78, 5) is 10.0. The van der Waals surface area contributed by atoms with E-state index in [2.05, 4.69) is 4.74 Å². The third-order valence-electron chi connectivity index (χ3n) is 2.57. The van der Waals surface area contributed by atoms with Gasteiger partial charge in [-0.25, -0.2) is 0 Å². The van der Waals surface area contributed by atoms with Crippen molar-refractivity contribution in [2.75, 3.05) is 0 Å². The number of nitro benzene ring substituents is 1. The van der Waals surface area contributed by atoms with E-state index in [9.17, 15) is 23.3 Å². The molecule has 21 heavy (non-hydrogen) atoms. The molecule has 0 radical (unpaired) electrons. The highest BCUT2D eigenvalue weighted by Gasteiger charge is 2.30. The van der Waals surface area contributed by atoms with E-state index in [0.29, 0.717) is 11.1 Å². The van der Waals surface area contributed by atoms with Crippen molar-refractivity contribution in [2.24, 2.45) is 0 Å². The van der Waals surface area contributed by atoms with E-state index < -0.39 is 11.3 Å². The molecular formula is C13H7ClF3NO3. The van der Waals surface area contributed by atoms with E-state index in [1.54, 1.807) is 0 Å². The van der Waals surface area contributed by atoms with Gasteiger partial charge >= 0.3 is 6.36 Å². The summed E-state index contributed by atoms with van der Waals surface area (Å²) in [6, 6.07) is 9.17. The molecule has 110 valence electrons. The minimum absolute atomic E-state index is 0.0480. The fraction of sp³-hybridized carbons (Fsp3) is 0.0769. The van der Waals surface area contributed by atoms with Gasteiger partial charge in [-0.3, -0.25) is 10.1 Å². The van der Waals surface area contributed by atoms with Gasteiger partial charge in [0.05, 0.1) is 4.92 Å². The van der Waals surface area contributed by atoms with E-state index in [4.69, 9.17) is 11.6 Å². The molecule has 0 aliphatic rings. The highest BCUT2D eigenvalue weighted by Crippen LogP contribution is 2.31. The maximum Gasteiger partial charge on any atom is 0.573 e. The van der Waals surface area contributed by atoms with Gasteiger partial charge < -0.3 is 4.74 Å². The molecule has 0 atom stereocenters. The van der Waals surface area contributed by atoms with Crippen LogP contribution in [0.1, 0.15) is 0 Å². The lowest BCUT2D eigenvalue weighted by Crippen LogP contribution is -2.16. The van der Waals surface area contributed by atoms with Gasteiger partial charge in [0.25, 0.3) is 5.69 Å². The number of nitrogens with zero attached hydrogens (tertiary/aromatic N) is 1. The van der Waals surface area contributed by atoms with E-state index >= 15 is 0 Å². The Morgan fingerprint density at radius 1 is 1.05 bits per heavy atom. The van der Waals surface area contributed by atoms with Gasteiger partial charge in [0.15, 0.2) is 0 Å². The highest BCUT2D eigenvalue weighted by molar-refractivity contribution is 6.32. The van der Waals surface area contributed by atoms with Crippen molar-refractivity contribution < 1.29 is 22.8 Å². The molecule has 0 saturated carbocycles. The maximum atomic E-state index is 12.0. The van der Waals surface area contributed by atoms with Crippen molar-refractivity contribution in [3.63, 3.8) is 0 Å². The second-order valence-corrected chi connectivity index (χ2v) is 4.40. The Labute approximate surface area is 121 Å². The number of nitro groups is 1. The maximum absolute atomic E-state index is 12.0. The summed E-state index contributed by atoms with van der Waals surface area (Å²) in [7, 11) is 0. The molecule has 8 heteroatoms. The van der Waals surface area contributed by atoms with Crippen molar-refractivity contribution in [3.05, 3.63) is 57.6 Å². The Kier molecular flexibility index (Phi) is 4.04. The molecule has 4 nitrogen and oxygen atoms in total. The predicted octanol–water partition coefficient (Wildman–Crippen LogP) is 4.81. The van der Waals surface area contributed by atoms with Crippen molar-refractivity contribution >= 4 is 17.3 Å². The minimum atomic E-state index is -4.75. The fourth-order valence-electron chi connectivity index (χ4n) is 1.68. The Morgan fingerprint density at radius 2 is 1.62 bits per heavy atom. The summed E-state index contributed by atoms with van der Waals surface area (Å²) in [5, 5.41) is 10.6. The van der Waals surface area contributed by atoms with Gasteiger partial charge in [-0.2, -0.15) is 0 Å². The van der Waals surface area contributed by atoms with E-state index in [-0.39, 0.29) is 16.5 Å². The van der Waals surface area contributed by atoms with Crippen LogP contribution in [-0.2, 0) is 0 Å². The van der Waals surface area contributed by atoms with E-state index in [1.165, 1.54) is 30.3 Å². The smallest absolute Gasteiger partial charge is 0.406 e. The summed E-state index contributed by atoms with van der Waals surface area (Å²) in [5.41, 5.74) is 0.864. The molecule has 0 spiro atoms. The highest BCUT2D eigenvalue weighted by atomic mass is 35.5. The molecule has 0 saturated heterocycles. The van der Waals surface area contributed by atoms with Crippen molar-refractivity contribution in [1.29, 1.82) is 0 Å². The van der Waals surface area contributed by atoms with Crippen LogP contribution in [0, 0.1) is 10.1 Å². The van der Waals surface area contributed by atoms with Crippen molar-refractivity contribution in [1.82, 2.24) is 0 Å². The molecule has 0 aromatic heterocycles. The molecule has 0 aliphatic heterocycles. The normalized spacial score (nSPS) is 11.2. The molecule has 0 bridgehead atoms. The molecule has 0 aliphatic carbocycles. The molecule has 0 unspecified atom stereocenters. The first-order valence-electron chi connectivity index (χ1n) is 5.56. The summed E-state index contributed by atoms with van der Waals surface area (Å²) >= 11 is 5.78. The van der Waals surface area contributed by atoms with Gasteiger partial charge in [0.2, 0.25) is 0 Å². The summed E-state index contributed by atoms with van der Waals surface area (Å²) < 4.78 is 39.9. The van der Waals surface area contributed by atoms with Crippen molar-refractivity contribution in [2.45, 2.75) is 6.36 Å². The van der Waals surface area contributed by atoms with Crippen LogP contribution in [0.15, 0.2) is 42.5 Å². The van der Waals surface area contributed by atoms with Crippen LogP contribution in [0.2, 0.25) is 5.02 Å². The number of hydrogen-bond acceptors (Lipinski definition) is 3. The second kappa shape index (κ2) is 5.61. The summed E-state index contributed by atoms with van der Waals surface area (Å²) in [6.07, 6.45) is -4.75. The molecule has 0 fully saturated rings. The number of benzene rings is 2. The monoisotopic (exact) mass is 317 g/mol. The van der Waals surface area contributed by atoms with Gasteiger partial charge in [-0.05, 0) is 35.4 Å². The standard InChI is InChI=1S/C13H7ClF3NO3/c14-11-7-9(3-6-12(11)18(19)20)8-1-4-10(5-2-8)21-13(15,16)17/h1-7H. The first kappa shape index (κ1) is 15.1. The number of halogens is 4. The van der Waals surface area contributed by atoms with Crippen LogP contribution in [0.5, 0.6) is 5.75 Å². The topological polar surface area (TPSA) is 52.4 Å². The number of alkyl halides is 3. The van der Waals surface area contributed by atoms with Crippen LogP contribution in [0.3, 0.4) is 0 Å². The number of rotatable bonds is 3. The third-order valence-corrected chi connectivity index (χ3v) is 2.87. The average Bonchev–Trinajstić information content (AvgIpc) is 2.37. The number of ether oxygens (including phenoxy) is 1. The minimum Gasteiger partial charge on any atom is -0.406 e. The van der Waals surface area contributed by atoms with Gasteiger partial charge in [0.1, 0.15) is 10.8 Å². The third kappa shape index (κ3) is 3.85. The summed E-state index contributed by atoms with van der Waals surface area (Å²) in [6.45, 7) is 0. The second-order valence-electron chi connectivity index (χ2n) is 4.00. The Balaban J connectivity index is 2.27. The molecule has 0 heterocycles. The molecule has 2 aromatic carbocycles. The van der Waals surface area contributed by atoms with Crippen LogP contribution >= 0.6 is 11.6 Å². The molecular weight excluding hydrogens is 311 g/mol. The first-order valence-corrected chi connectivity index (χ1v) is 5.94. The molecule has 0 N–H and O–H groups in total. The lowest BCUT2D eigenvalue weighted by atomic mass is 10.1. The van der Waals surface area contributed by atoms with E-state index in [1.807, 2.05) is 0 Å². The zero-order valence-electron chi connectivity index (χ0n) is 10.2. The lowest BCUT2D eigenvalue weighted by Gasteiger charge is -2.09. The van der Waals surface area contributed by atoms with Gasteiger partial charge in [0, 0.05) is 6.07 Å². The summed E-state index contributed by atoms with van der Waals surface area (Å²) in [5.74, 6) is -0.348. The number of hydrogen-bond donors (Lipinski definition) is 0. The van der Waals surface area contributed by atoms with Crippen LogP contribution in [-0.4, -0.2) is 11.3 Å². The Bertz CT molecular complexity index is 671. The van der Waals surface area contributed by atoms with Gasteiger partial charge in [-0.1, -0.05) is 23.7 Å². The zero-order chi connectivity index (χ0) is 15.6. The first-order chi connectivity index (χ1) is 9.76. The SMILES string of the molecule is O=[N+]([O-])c1ccc(-c2ccc(OC(F)(F)F)cc2)cc1Cl. The van der Waals surface area contributed by atoms with Crippen LogP contribution < -0.4 is 4.74 Å². The molecule has 2 rings (SSSR count). The van der Waals surface area contributed by atoms with Gasteiger partial charge in [-0.15, -0.1) is 13.2 Å². The lowest BCUT2D eigenvalue weighted by molar-refractivity contribution is -0.384. The van der Waals surface area contributed by atoms with Crippen LogP contribution in [0.25, 0.3) is 11.1 Å². The van der Waals surface area contributed by atoms with E-state index in [0.717, 1.165) is 12.1 Å². The van der Waals surface area contributed by atoms with Crippen molar-refractivity contribution in [3.8, 4) is 16.9 Å². The predicted molar refractivity (Wildman–Crippen MR) is 70.2 cm³/mol. The molecule has 0 amide bonds. The molecule has 2 aromatic rings.